The monoisotopic (exact) mass is 285 g/mol. The van der Waals surface area contributed by atoms with Gasteiger partial charge >= 0.3 is 12.1 Å². The maximum atomic E-state index is 12.1. The van der Waals surface area contributed by atoms with Gasteiger partial charge in [-0.2, -0.15) is 0 Å². The van der Waals surface area contributed by atoms with Crippen molar-refractivity contribution >= 4 is 12.1 Å². The lowest BCUT2D eigenvalue weighted by molar-refractivity contribution is -0.145. The summed E-state index contributed by atoms with van der Waals surface area (Å²) in [5, 5.41) is 9.30. The van der Waals surface area contributed by atoms with E-state index in [1.807, 2.05) is 4.90 Å². The smallest absolute Gasteiger partial charge is 0.410 e. The predicted octanol–water partition coefficient (Wildman–Crippen LogP) is 0.0951. The SMILES string of the molecule is NCCN1CCN(C(=O)OC2CCCC2)C(C(=O)O)C1. The Hall–Kier alpha value is -1.34. The van der Waals surface area contributed by atoms with Crippen molar-refractivity contribution in [3.8, 4) is 0 Å². The van der Waals surface area contributed by atoms with Crippen molar-refractivity contribution in [3.05, 3.63) is 0 Å². The summed E-state index contributed by atoms with van der Waals surface area (Å²) >= 11 is 0. The van der Waals surface area contributed by atoms with Crippen LogP contribution in [0, 0.1) is 0 Å². The fourth-order valence-electron chi connectivity index (χ4n) is 2.87. The number of nitrogens with two attached hydrogens (primary N) is 1. The highest BCUT2D eigenvalue weighted by atomic mass is 16.6. The molecular weight excluding hydrogens is 262 g/mol. The molecule has 2 aliphatic rings. The van der Waals surface area contributed by atoms with Crippen LogP contribution in [0.15, 0.2) is 0 Å². The van der Waals surface area contributed by atoms with Crippen molar-refractivity contribution < 1.29 is 19.4 Å². The number of aliphatic carboxylic acids is 1. The second-order valence-electron chi connectivity index (χ2n) is 5.43. The van der Waals surface area contributed by atoms with Crippen LogP contribution in [0.2, 0.25) is 0 Å². The summed E-state index contributed by atoms with van der Waals surface area (Å²) in [5.41, 5.74) is 5.49. The van der Waals surface area contributed by atoms with Gasteiger partial charge in [0.15, 0.2) is 0 Å². The van der Waals surface area contributed by atoms with Gasteiger partial charge in [0.2, 0.25) is 0 Å². The Bertz CT molecular complexity index is 358. The highest BCUT2D eigenvalue weighted by Crippen LogP contribution is 2.22. The summed E-state index contributed by atoms with van der Waals surface area (Å²) in [6.45, 7) is 2.46. The molecule has 0 aromatic heterocycles. The molecule has 1 saturated heterocycles. The normalized spacial score (nSPS) is 24.9. The fourth-order valence-corrected chi connectivity index (χ4v) is 2.87. The Labute approximate surface area is 118 Å². The summed E-state index contributed by atoms with van der Waals surface area (Å²) in [4.78, 5) is 26.8. The van der Waals surface area contributed by atoms with Gasteiger partial charge in [-0.25, -0.2) is 9.59 Å². The number of ether oxygens (including phenoxy) is 1. The van der Waals surface area contributed by atoms with Crippen molar-refractivity contribution in [3.63, 3.8) is 0 Å². The van der Waals surface area contributed by atoms with Gasteiger partial charge in [0.1, 0.15) is 12.1 Å². The number of carboxylic acid groups (broad SMARTS) is 1. The number of hydrogen-bond acceptors (Lipinski definition) is 5. The summed E-state index contributed by atoms with van der Waals surface area (Å²) in [7, 11) is 0. The number of amides is 1. The van der Waals surface area contributed by atoms with Gasteiger partial charge in [0.25, 0.3) is 0 Å². The summed E-state index contributed by atoms with van der Waals surface area (Å²) < 4.78 is 5.41. The molecule has 0 aromatic rings. The quantitative estimate of drug-likeness (QED) is 0.760. The third kappa shape index (κ3) is 3.61. The molecule has 1 saturated carbocycles. The largest absolute Gasteiger partial charge is 0.480 e. The molecule has 0 bridgehead atoms. The molecule has 1 aliphatic heterocycles. The zero-order valence-corrected chi connectivity index (χ0v) is 11.7. The molecule has 1 atom stereocenters. The van der Waals surface area contributed by atoms with Crippen molar-refractivity contribution in [2.24, 2.45) is 5.73 Å². The minimum atomic E-state index is -0.991. The molecule has 0 aromatic carbocycles. The van der Waals surface area contributed by atoms with E-state index in [1.165, 1.54) is 4.90 Å². The molecule has 114 valence electrons. The zero-order chi connectivity index (χ0) is 14.5. The fraction of sp³-hybridized carbons (Fsp3) is 0.846. The van der Waals surface area contributed by atoms with Gasteiger partial charge < -0.3 is 15.6 Å². The highest BCUT2D eigenvalue weighted by Gasteiger charge is 2.37. The van der Waals surface area contributed by atoms with Gasteiger partial charge in [0.05, 0.1) is 0 Å². The van der Waals surface area contributed by atoms with Crippen LogP contribution in [0.1, 0.15) is 25.7 Å². The van der Waals surface area contributed by atoms with Crippen LogP contribution in [-0.2, 0) is 9.53 Å². The Morgan fingerprint density at radius 1 is 1.25 bits per heavy atom. The maximum Gasteiger partial charge on any atom is 0.410 e. The molecule has 1 unspecified atom stereocenters. The third-order valence-corrected chi connectivity index (χ3v) is 4.00. The lowest BCUT2D eigenvalue weighted by Crippen LogP contribution is -2.59. The summed E-state index contributed by atoms with van der Waals surface area (Å²) in [6.07, 6.45) is 3.39. The van der Waals surface area contributed by atoms with E-state index in [9.17, 15) is 14.7 Å². The number of hydrogen-bond donors (Lipinski definition) is 2. The Balaban J connectivity index is 1.94. The van der Waals surface area contributed by atoms with Crippen molar-refractivity contribution in [2.75, 3.05) is 32.7 Å². The first-order chi connectivity index (χ1) is 9.61. The summed E-state index contributed by atoms with van der Waals surface area (Å²) in [6, 6.07) is -0.843. The lowest BCUT2D eigenvalue weighted by atomic mass is 10.2. The van der Waals surface area contributed by atoms with E-state index >= 15 is 0 Å². The second-order valence-corrected chi connectivity index (χ2v) is 5.43. The van der Waals surface area contributed by atoms with Gasteiger partial charge in [-0.05, 0) is 25.7 Å². The van der Waals surface area contributed by atoms with E-state index in [4.69, 9.17) is 10.5 Å². The standard InChI is InChI=1S/C13H23N3O4/c14-5-6-15-7-8-16(11(9-15)12(17)18)13(19)20-10-3-1-2-4-10/h10-11H,1-9,14H2,(H,17,18). The number of carbonyl (C=O) groups excluding carboxylic acids is 1. The first-order valence-electron chi connectivity index (χ1n) is 7.24. The van der Waals surface area contributed by atoms with Crippen LogP contribution in [-0.4, -0.2) is 71.8 Å². The highest BCUT2D eigenvalue weighted by molar-refractivity contribution is 5.80. The molecule has 20 heavy (non-hydrogen) atoms. The minimum Gasteiger partial charge on any atom is -0.480 e. The molecule has 2 rings (SSSR count). The van der Waals surface area contributed by atoms with Crippen molar-refractivity contribution in [2.45, 2.75) is 37.8 Å². The molecule has 1 heterocycles. The van der Waals surface area contributed by atoms with E-state index in [1.54, 1.807) is 0 Å². The number of rotatable bonds is 4. The number of carbonyl (C=O) groups is 2. The van der Waals surface area contributed by atoms with E-state index in [-0.39, 0.29) is 6.10 Å². The number of piperazine rings is 1. The van der Waals surface area contributed by atoms with E-state index in [2.05, 4.69) is 0 Å². The lowest BCUT2D eigenvalue weighted by Gasteiger charge is -2.38. The van der Waals surface area contributed by atoms with Gasteiger partial charge in [-0.15, -0.1) is 0 Å². The zero-order valence-electron chi connectivity index (χ0n) is 11.7. The van der Waals surface area contributed by atoms with Gasteiger partial charge in [-0.1, -0.05) is 0 Å². The number of carboxylic acids is 1. The van der Waals surface area contributed by atoms with Gasteiger partial charge in [0, 0.05) is 32.7 Å². The third-order valence-electron chi connectivity index (χ3n) is 4.00. The first-order valence-corrected chi connectivity index (χ1v) is 7.24. The average Bonchev–Trinajstić information content (AvgIpc) is 2.91. The number of nitrogens with zero attached hydrogens (tertiary/aromatic N) is 2. The molecule has 7 nitrogen and oxygen atoms in total. The maximum absolute atomic E-state index is 12.1. The van der Waals surface area contributed by atoms with Crippen LogP contribution < -0.4 is 5.73 Å². The van der Waals surface area contributed by atoms with Crippen LogP contribution in [0.3, 0.4) is 0 Å². The molecule has 1 aliphatic carbocycles. The first kappa shape index (κ1) is 15.1. The molecule has 0 radical (unpaired) electrons. The van der Waals surface area contributed by atoms with Crippen molar-refractivity contribution in [1.82, 2.24) is 9.80 Å². The van der Waals surface area contributed by atoms with E-state index < -0.39 is 18.1 Å². The average molecular weight is 285 g/mol. The topological polar surface area (TPSA) is 96.1 Å². The molecule has 3 N–H and O–H groups in total. The Kier molecular flexibility index (Phi) is 5.19. The van der Waals surface area contributed by atoms with Crippen LogP contribution in [0.5, 0.6) is 0 Å². The van der Waals surface area contributed by atoms with Crippen LogP contribution in [0.25, 0.3) is 0 Å². The summed E-state index contributed by atoms with van der Waals surface area (Å²) in [5.74, 6) is -0.991. The molecular formula is C13H23N3O4. The molecule has 2 fully saturated rings. The molecule has 1 amide bonds. The predicted molar refractivity (Wildman–Crippen MR) is 72.4 cm³/mol. The Morgan fingerprint density at radius 2 is 1.95 bits per heavy atom. The Morgan fingerprint density at radius 3 is 2.55 bits per heavy atom. The van der Waals surface area contributed by atoms with Crippen LogP contribution in [0.4, 0.5) is 4.79 Å². The molecule has 0 spiro atoms. The van der Waals surface area contributed by atoms with Crippen molar-refractivity contribution in [1.29, 1.82) is 0 Å². The van der Waals surface area contributed by atoms with E-state index in [0.29, 0.717) is 32.7 Å². The minimum absolute atomic E-state index is 0.0426. The van der Waals surface area contributed by atoms with Crippen LogP contribution >= 0.6 is 0 Å². The second kappa shape index (κ2) is 6.90. The van der Waals surface area contributed by atoms with E-state index in [0.717, 1.165) is 25.7 Å². The molecule has 7 heteroatoms. The van der Waals surface area contributed by atoms with Gasteiger partial charge in [-0.3, -0.25) is 9.80 Å².